The number of Topliss-reactive ketones (excluding diaryl/α,β-unsaturated/α-hetero) is 1. The van der Waals surface area contributed by atoms with Crippen LogP contribution in [-0.2, 0) is 19.2 Å². The van der Waals surface area contributed by atoms with Crippen molar-refractivity contribution in [2.24, 2.45) is 17.6 Å². The fraction of sp³-hybridized carbons (Fsp3) is 0.875. The zero-order valence-corrected chi connectivity index (χ0v) is 25.4. The molecule has 2 atom stereocenters. The second-order valence-electron chi connectivity index (χ2n) is 11.9. The number of nitrogens with one attached hydrogen (secondary N) is 1. The minimum Gasteiger partial charge on any atom is -0.480 e. The van der Waals surface area contributed by atoms with E-state index in [0.717, 1.165) is 51.4 Å². The first-order valence-corrected chi connectivity index (χ1v) is 16.0. The van der Waals surface area contributed by atoms with Crippen LogP contribution in [0.1, 0.15) is 162 Å². The van der Waals surface area contributed by atoms with Crippen molar-refractivity contribution in [3.63, 3.8) is 0 Å². The number of amides is 2. The first-order chi connectivity index (χ1) is 18.7. The van der Waals surface area contributed by atoms with Gasteiger partial charge in [0.1, 0.15) is 11.8 Å². The Morgan fingerprint density at radius 2 is 1.15 bits per heavy atom. The van der Waals surface area contributed by atoms with Gasteiger partial charge in [0.25, 0.3) is 0 Å². The summed E-state index contributed by atoms with van der Waals surface area (Å²) < 4.78 is 0. The minimum atomic E-state index is -1.09. The number of nitrogens with two attached hydrogens (primary N) is 1. The third kappa shape index (κ3) is 23.7. The summed E-state index contributed by atoms with van der Waals surface area (Å²) in [5, 5.41) is 12.1. The number of carboxylic acids is 1. The van der Waals surface area contributed by atoms with E-state index in [1.165, 1.54) is 64.2 Å². The molecule has 2 amide bonds. The van der Waals surface area contributed by atoms with Crippen molar-refractivity contribution in [2.75, 3.05) is 0 Å². The second kappa shape index (κ2) is 25.1. The molecular weight excluding hydrogens is 492 g/mol. The van der Waals surface area contributed by atoms with Crippen LogP contribution in [0, 0.1) is 11.8 Å². The average molecular weight is 553 g/mol. The number of carboxylic acid groups (broad SMARTS) is 1. The Morgan fingerprint density at radius 3 is 1.64 bits per heavy atom. The van der Waals surface area contributed by atoms with E-state index < -0.39 is 12.0 Å². The topological polar surface area (TPSA) is 127 Å². The molecule has 7 nitrogen and oxygen atoms in total. The first-order valence-electron chi connectivity index (χ1n) is 16.0. The predicted molar refractivity (Wildman–Crippen MR) is 159 cm³/mol. The molecule has 0 aliphatic heterocycles. The number of aliphatic carboxylic acids is 1. The molecule has 0 saturated heterocycles. The number of carbonyl (C=O) groups is 4. The van der Waals surface area contributed by atoms with E-state index in [9.17, 15) is 24.3 Å². The summed E-state index contributed by atoms with van der Waals surface area (Å²) in [4.78, 5) is 47.6. The molecule has 0 saturated carbocycles. The summed E-state index contributed by atoms with van der Waals surface area (Å²) in [6, 6.07) is -1.02. The summed E-state index contributed by atoms with van der Waals surface area (Å²) in [6.45, 7) is 6.39. The van der Waals surface area contributed by atoms with Gasteiger partial charge >= 0.3 is 5.97 Å². The zero-order valence-electron chi connectivity index (χ0n) is 25.4. The Balaban J connectivity index is 3.88. The molecule has 0 radical (unpaired) electrons. The minimum absolute atomic E-state index is 0.0145. The monoisotopic (exact) mass is 552 g/mol. The van der Waals surface area contributed by atoms with Crippen molar-refractivity contribution in [1.29, 1.82) is 0 Å². The van der Waals surface area contributed by atoms with Crippen LogP contribution < -0.4 is 11.1 Å². The third-order valence-electron chi connectivity index (χ3n) is 7.52. The molecule has 0 aliphatic carbocycles. The number of primary amides is 1. The van der Waals surface area contributed by atoms with Crippen molar-refractivity contribution < 1.29 is 24.3 Å². The standard InChI is InChI=1S/C32H60N2O5/c1-4-5-6-7-8-9-10-11-12-13-14-15-19-22-30(36)34-29(32(38)39)24-23-28(35)21-18-16-17-20-27(31(33)37)25-26(2)3/h26-27,29H,4-25H2,1-3H3,(H2,33,37)(H,34,36)(H,38,39)/t27-,29+/m1/s1. The van der Waals surface area contributed by atoms with Crippen molar-refractivity contribution in [1.82, 2.24) is 5.32 Å². The Hall–Kier alpha value is -1.92. The molecule has 0 aromatic rings. The summed E-state index contributed by atoms with van der Waals surface area (Å²) in [6.07, 6.45) is 21.0. The van der Waals surface area contributed by atoms with E-state index in [0.29, 0.717) is 18.8 Å². The highest BCUT2D eigenvalue weighted by Gasteiger charge is 2.21. The lowest BCUT2D eigenvalue weighted by Crippen LogP contribution is -2.41. The van der Waals surface area contributed by atoms with Gasteiger partial charge in [-0.05, 0) is 38.0 Å². The van der Waals surface area contributed by atoms with Gasteiger partial charge < -0.3 is 16.2 Å². The zero-order chi connectivity index (χ0) is 29.3. The smallest absolute Gasteiger partial charge is 0.326 e. The highest BCUT2D eigenvalue weighted by Crippen LogP contribution is 2.19. The van der Waals surface area contributed by atoms with Crippen LogP contribution in [0.5, 0.6) is 0 Å². The molecule has 0 aromatic carbocycles. The maximum atomic E-state index is 12.2. The van der Waals surface area contributed by atoms with E-state index in [-0.39, 0.29) is 36.4 Å². The fourth-order valence-corrected chi connectivity index (χ4v) is 5.09. The van der Waals surface area contributed by atoms with Crippen LogP contribution in [0.2, 0.25) is 0 Å². The van der Waals surface area contributed by atoms with Gasteiger partial charge in [0.15, 0.2) is 0 Å². The number of rotatable bonds is 28. The molecule has 0 fully saturated rings. The van der Waals surface area contributed by atoms with Crippen LogP contribution in [0.4, 0.5) is 0 Å². The lowest BCUT2D eigenvalue weighted by molar-refractivity contribution is -0.142. The summed E-state index contributed by atoms with van der Waals surface area (Å²) in [7, 11) is 0. The summed E-state index contributed by atoms with van der Waals surface area (Å²) in [5.74, 6) is -1.27. The maximum Gasteiger partial charge on any atom is 0.326 e. The van der Waals surface area contributed by atoms with E-state index in [2.05, 4.69) is 26.1 Å². The maximum absolute atomic E-state index is 12.2. The Kier molecular flexibility index (Phi) is 23.8. The normalized spacial score (nSPS) is 12.8. The molecular formula is C32H60N2O5. The molecule has 0 spiro atoms. The SMILES string of the molecule is CCCCCCCCCCCCCCCC(=O)N[C@@H](CCC(=O)CCCCC[C@H](CC(C)C)C(N)=O)C(=O)O. The second-order valence-corrected chi connectivity index (χ2v) is 11.9. The Morgan fingerprint density at radius 1 is 0.667 bits per heavy atom. The number of hydrogen-bond acceptors (Lipinski definition) is 4. The quantitative estimate of drug-likeness (QED) is 0.0867. The molecule has 0 aromatic heterocycles. The number of hydrogen-bond donors (Lipinski definition) is 3. The highest BCUT2D eigenvalue weighted by molar-refractivity contribution is 5.84. The van der Waals surface area contributed by atoms with Crippen LogP contribution in [0.3, 0.4) is 0 Å². The molecule has 39 heavy (non-hydrogen) atoms. The van der Waals surface area contributed by atoms with Crippen molar-refractivity contribution in [3.05, 3.63) is 0 Å². The van der Waals surface area contributed by atoms with Crippen LogP contribution >= 0.6 is 0 Å². The van der Waals surface area contributed by atoms with Crippen LogP contribution in [0.15, 0.2) is 0 Å². The predicted octanol–water partition coefficient (Wildman–Crippen LogP) is 7.48. The number of carbonyl (C=O) groups excluding carboxylic acids is 3. The van der Waals surface area contributed by atoms with E-state index in [1.807, 2.05) is 0 Å². The van der Waals surface area contributed by atoms with E-state index >= 15 is 0 Å². The van der Waals surface area contributed by atoms with Gasteiger partial charge in [0.2, 0.25) is 11.8 Å². The molecule has 0 bridgehead atoms. The van der Waals surface area contributed by atoms with Crippen molar-refractivity contribution >= 4 is 23.6 Å². The van der Waals surface area contributed by atoms with Crippen molar-refractivity contribution in [3.8, 4) is 0 Å². The highest BCUT2D eigenvalue weighted by atomic mass is 16.4. The van der Waals surface area contributed by atoms with Gasteiger partial charge in [-0.1, -0.05) is 111 Å². The van der Waals surface area contributed by atoms with E-state index in [4.69, 9.17) is 5.73 Å². The van der Waals surface area contributed by atoms with Crippen LogP contribution in [0.25, 0.3) is 0 Å². The number of unbranched alkanes of at least 4 members (excludes halogenated alkanes) is 14. The van der Waals surface area contributed by atoms with Gasteiger partial charge in [-0.15, -0.1) is 0 Å². The van der Waals surface area contributed by atoms with E-state index in [1.54, 1.807) is 0 Å². The fourth-order valence-electron chi connectivity index (χ4n) is 5.09. The van der Waals surface area contributed by atoms with Gasteiger partial charge in [0.05, 0.1) is 0 Å². The molecule has 228 valence electrons. The molecule has 0 aliphatic rings. The molecule has 7 heteroatoms. The third-order valence-corrected chi connectivity index (χ3v) is 7.52. The summed E-state index contributed by atoms with van der Waals surface area (Å²) >= 11 is 0. The molecule has 0 rings (SSSR count). The van der Waals surface area contributed by atoms with Gasteiger partial charge in [-0.3, -0.25) is 14.4 Å². The van der Waals surface area contributed by atoms with Crippen LogP contribution in [-0.4, -0.2) is 34.7 Å². The average Bonchev–Trinajstić information content (AvgIpc) is 2.87. The van der Waals surface area contributed by atoms with Crippen molar-refractivity contribution in [2.45, 2.75) is 168 Å². The summed E-state index contributed by atoms with van der Waals surface area (Å²) in [5.41, 5.74) is 5.48. The molecule has 0 unspecified atom stereocenters. The largest absolute Gasteiger partial charge is 0.480 e. The molecule has 4 N–H and O–H groups in total. The molecule has 0 heterocycles. The van der Waals surface area contributed by atoms with Gasteiger partial charge in [-0.2, -0.15) is 0 Å². The van der Waals surface area contributed by atoms with Gasteiger partial charge in [-0.25, -0.2) is 4.79 Å². The Bertz CT molecular complexity index is 665. The first kappa shape index (κ1) is 37.1. The Labute approximate surface area is 238 Å². The number of ketones is 1. The lowest BCUT2D eigenvalue weighted by atomic mass is 9.91. The van der Waals surface area contributed by atoms with Gasteiger partial charge in [0, 0.05) is 25.2 Å². The lowest BCUT2D eigenvalue weighted by Gasteiger charge is -2.15.